The number of rotatable bonds is 6. The second-order valence-corrected chi connectivity index (χ2v) is 8.43. The van der Waals surface area contributed by atoms with Gasteiger partial charge >= 0.3 is 5.97 Å². The lowest BCUT2D eigenvalue weighted by atomic mass is 10.1. The molecule has 1 saturated heterocycles. The summed E-state index contributed by atoms with van der Waals surface area (Å²) < 4.78 is 1.32. The highest BCUT2D eigenvalue weighted by atomic mass is 16.5. The number of aromatic nitrogens is 3. The van der Waals surface area contributed by atoms with Crippen molar-refractivity contribution in [2.24, 2.45) is 0 Å². The van der Waals surface area contributed by atoms with Crippen LogP contribution in [-0.4, -0.2) is 63.6 Å². The maximum absolute atomic E-state index is 12.7. The Morgan fingerprint density at radius 1 is 1.00 bits per heavy atom. The Bertz CT molecular complexity index is 1360. The molecule has 5 rings (SSSR count). The summed E-state index contributed by atoms with van der Waals surface area (Å²) in [7, 11) is 0. The highest BCUT2D eigenvalue weighted by Gasteiger charge is 2.22. The van der Waals surface area contributed by atoms with Gasteiger partial charge < -0.3 is 25.4 Å². The van der Waals surface area contributed by atoms with Crippen LogP contribution >= 0.6 is 0 Å². The molecule has 0 aliphatic carbocycles. The van der Waals surface area contributed by atoms with Gasteiger partial charge in [0, 0.05) is 53.9 Å². The van der Waals surface area contributed by atoms with E-state index >= 15 is 0 Å². The molecule has 1 aliphatic heterocycles. The lowest BCUT2D eigenvalue weighted by molar-refractivity contribution is -0.746. The molecule has 2 N–H and O–H groups in total. The molecule has 4 aromatic rings. The molecule has 1 fully saturated rings. The molecule has 0 amide bonds. The van der Waals surface area contributed by atoms with Crippen LogP contribution < -0.4 is 15.0 Å². The molecule has 0 atom stereocenters. The number of hydrogen-bond donors (Lipinski definition) is 2. The van der Waals surface area contributed by atoms with Crippen LogP contribution in [0.4, 0.5) is 5.69 Å². The van der Waals surface area contributed by atoms with E-state index in [9.17, 15) is 20.2 Å². The molecule has 10 heteroatoms. The lowest BCUT2D eigenvalue weighted by Crippen LogP contribution is -2.47. The largest absolute Gasteiger partial charge is 0.870 e. The summed E-state index contributed by atoms with van der Waals surface area (Å²) in [6, 6.07) is 13.6. The van der Waals surface area contributed by atoms with Crippen LogP contribution in [-0.2, 0) is 6.54 Å². The molecular weight excluding hydrogens is 438 g/mol. The molecule has 10 nitrogen and oxygen atoms in total. The Hall–Kier alpha value is -4.05. The number of fused-ring (bicyclic) bond motifs is 2. The topological polar surface area (TPSA) is 132 Å². The Morgan fingerprint density at radius 2 is 1.68 bits per heavy atom. The van der Waals surface area contributed by atoms with E-state index in [1.165, 1.54) is 4.68 Å². The number of phenolic OH excluding ortho intramolecular Hbond substituents is 1. The normalized spacial score (nSPS) is 14.8. The van der Waals surface area contributed by atoms with Crippen LogP contribution in [0.2, 0.25) is 0 Å². The maximum Gasteiger partial charge on any atom is 0.335 e. The highest BCUT2D eigenvalue weighted by molar-refractivity contribution is 6.07. The van der Waals surface area contributed by atoms with Crippen molar-refractivity contribution in [1.29, 1.82) is 0 Å². The maximum atomic E-state index is 12.7. The quantitative estimate of drug-likeness (QED) is 0.326. The summed E-state index contributed by atoms with van der Waals surface area (Å²) in [5.41, 5.74) is 1.42. The summed E-state index contributed by atoms with van der Waals surface area (Å²) in [5.74, 6) is -1.40. The van der Waals surface area contributed by atoms with Crippen molar-refractivity contribution >= 4 is 33.5 Å². The van der Waals surface area contributed by atoms with Crippen molar-refractivity contribution in [3.05, 3.63) is 59.3 Å². The number of carbonyl (C=O) groups is 1. The molecule has 34 heavy (non-hydrogen) atoms. The molecule has 1 aliphatic rings. The molecule has 1 aromatic heterocycles. The summed E-state index contributed by atoms with van der Waals surface area (Å²) in [6.07, 6.45) is 0.654. The van der Waals surface area contributed by atoms with Gasteiger partial charge in [0.05, 0.1) is 12.1 Å². The van der Waals surface area contributed by atoms with Gasteiger partial charge in [0.25, 0.3) is 0 Å². The third-order valence-corrected chi connectivity index (χ3v) is 6.44. The van der Waals surface area contributed by atoms with Gasteiger partial charge in [-0.15, -0.1) is 4.68 Å². The number of hydrogen-bond acceptors (Lipinski definition) is 7. The average Bonchev–Trinajstić information content (AvgIpc) is 3.19. The van der Waals surface area contributed by atoms with Crippen molar-refractivity contribution in [2.45, 2.75) is 13.0 Å². The van der Waals surface area contributed by atoms with E-state index in [2.05, 4.69) is 14.9 Å². The first-order valence-corrected chi connectivity index (χ1v) is 11.2. The zero-order valence-electron chi connectivity index (χ0n) is 18.4. The van der Waals surface area contributed by atoms with E-state index in [1.54, 1.807) is 36.4 Å². The van der Waals surface area contributed by atoms with Crippen molar-refractivity contribution in [1.82, 2.24) is 14.7 Å². The molecule has 2 heterocycles. The Kier molecular flexibility index (Phi) is 5.58. The SMILES string of the molecule is O=C(O)c1ccc(N2CCN(CCCn3c4c(O)c5ccccc5c([O-])c4n[n+]3[O-])CC2)cc1. The summed E-state index contributed by atoms with van der Waals surface area (Å²) in [4.78, 5) is 15.9. The smallest absolute Gasteiger partial charge is 0.335 e. The molecule has 0 unspecified atom stereocenters. The van der Waals surface area contributed by atoms with Crippen LogP contribution in [0.5, 0.6) is 11.5 Å². The number of benzene rings is 3. The predicted octanol–water partition coefficient (Wildman–Crippen LogP) is 1.51. The zero-order valence-corrected chi connectivity index (χ0v) is 18.4. The zero-order chi connectivity index (χ0) is 23.8. The first-order chi connectivity index (χ1) is 16.4. The monoisotopic (exact) mass is 462 g/mol. The Morgan fingerprint density at radius 3 is 2.35 bits per heavy atom. The average molecular weight is 462 g/mol. The number of carboxylic acids is 1. The van der Waals surface area contributed by atoms with Gasteiger partial charge in [0.15, 0.2) is 16.8 Å². The number of aromatic carboxylic acids is 1. The van der Waals surface area contributed by atoms with E-state index < -0.39 is 5.97 Å². The fourth-order valence-electron chi connectivity index (χ4n) is 4.61. The van der Waals surface area contributed by atoms with Crippen LogP contribution in [0, 0.1) is 5.21 Å². The van der Waals surface area contributed by atoms with Gasteiger partial charge in [-0.2, -0.15) is 0 Å². The summed E-state index contributed by atoms with van der Waals surface area (Å²) >= 11 is 0. The van der Waals surface area contributed by atoms with Crippen LogP contribution in [0.25, 0.3) is 21.8 Å². The number of piperazine rings is 1. The van der Waals surface area contributed by atoms with Gasteiger partial charge in [-0.25, -0.2) is 4.79 Å². The van der Waals surface area contributed by atoms with Gasteiger partial charge in [-0.05, 0) is 36.1 Å². The van der Waals surface area contributed by atoms with Crippen LogP contribution in [0.3, 0.4) is 0 Å². The summed E-state index contributed by atoms with van der Waals surface area (Å²) in [6.45, 7) is 4.38. The van der Waals surface area contributed by atoms with Gasteiger partial charge in [-0.1, -0.05) is 30.0 Å². The molecule has 0 spiro atoms. The third kappa shape index (κ3) is 3.81. The molecule has 0 saturated carbocycles. The minimum absolute atomic E-state index is 0.0197. The van der Waals surface area contributed by atoms with Crippen molar-refractivity contribution in [3.8, 4) is 11.5 Å². The molecule has 0 radical (unpaired) electrons. The van der Waals surface area contributed by atoms with Crippen molar-refractivity contribution in [2.75, 3.05) is 37.6 Å². The Labute approximate surface area is 195 Å². The molecule has 3 aromatic carbocycles. The lowest BCUT2D eigenvalue weighted by Gasteiger charge is -2.36. The number of phenols is 1. The predicted molar refractivity (Wildman–Crippen MR) is 124 cm³/mol. The first-order valence-electron chi connectivity index (χ1n) is 11.2. The van der Waals surface area contributed by atoms with Crippen molar-refractivity contribution < 1.29 is 25.1 Å². The van der Waals surface area contributed by atoms with Crippen LogP contribution in [0.15, 0.2) is 48.5 Å². The molecule has 176 valence electrons. The van der Waals surface area contributed by atoms with Gasteiger partial charge in [0.2, 0.25) is 0 Å². The number of nitrogens with zero attached hydrogens (tertiary/aromatic N) is 5. The minimum atomic E-state index is -0.936. The van der Waals surface area contributed by atoms with Gasteiger partial charge in [-0.3, -0.25) is 4.90 Å². The third-order valence-electron chi connectivity index (χ3n) is 6.44. The van der Waals surface area contributed by atoms with Gasteiger partial charge in [0.1, 0.15) is 0 Å². The standard InChI is InChI=1S/C24H25N5O5/c30-22-18-4-1-2-5-19(18)23(31)21-20(22)25-29(34)28(21)11-3-10-26-12-14-27(15-13-26)17-8-6-16(7-9-17)24(32)33/h1-2,4-9,30-31H,3,10-15H2,(H,32,33)/p-1. The second kappa shape index (κ2) is 8.71. The molecular formula is C24H24N5O5-. The number of aromatic hydroxyl groups is 1. The van der Waals surface area contributed by atoms with E-state index in [0.29, 0.717) is 28.7 Å². The number of aryl methyl sites for hydroxylation is 1. The first kappa shape index (κ1) is 21.8. The van der Waals surface area contributed by atoms with E-state index in [4.69, 9.17) is 5.11 Å². The van der Waals surface area contributed by atoms with Crippen molar-refractivity contribution in [3.63, 3.8) is 0 Å². The minimum Gasteiger partial charge on any atom is -0.870 e. The Balaban J connectivity index is 1.23. The van der Waals surface area contributed by atoms with E-state index in [1.807, 2.05) is 12.1 Å². The summed E-state index contributed by atoms with van der Waals surface area (Å²) in [5, 5.41) is 49.6. The number of anilines is 1. The number of carboxylic acid groups (broad SMARTS) is 1. The van der Waals surface area contributed by atoms with Crippen LogP contribution in [0.1, 0.15) is 16.8 Å². The van der Waals surface area contributed by atoms with E-state index in [-0.39, 0.29) is 28.1 Å². The highest BCUT2D eigenvalue weighted by Crippen LogP contribution is 2.38. The van der Waals surface area contributed by atoms with E-state index in [0.717, 1.165) is 38.4 Å². The fraction of sp³-hybridized carbons (Fsp3) is 0.292. The second-order valence-electron chi connectivity index (χ2n) is 8.43. The molecule has 0 bridgehead atoms. The fourth-order valence-corrected chi connectivity index (χ4v) is 4.61.